The van der Waals surface area contributed by atoms with Crippen LogP contribution in [0, 0.1) is 12.8 Å². The zero-order valence-corrected chi connectivity index (χ0v) is 20.8. The number of pyridine rings is 1. The van der Waals surface area contributed by atoms with Crippen molar-refractivity contribution < 1.29 is 4.74 Å². The molecule has 1 saturated heterocycles. The molecule has 9 heteroatoms. The first-order valence-corrected chi connectivity index (χ1v) is 13.1. The molecule has 0 aliphatic carbocycles. The van der Waals surface area contributed by atoms with Gasteiger partial charge in [-0.15, -0.1) is 11.3 Å². The van der Waals surface area contributed by atoms with E-state index in [4.69, 9.17) is 9.72 Å². The van der Waals surface area contributed by atoms with Crippen molar-refractivity contribution in [2.24, 2.45) is 5.92 Å². The first-order chi connectivity index (χ1) is 16.6. The molecule has 8 nitrogen and oxygen atoms in total. The van der Waals surface area contributed by atoms with E-state index in [1.807, 2.05) is 43.8 Å². The molecule has 0 bridgehead atoms. The number of fused-ring (bicyclic) bond motifs is 2. The summed E-state index contributed by atoms with van der Waals surface area (Å²) in [6.07, 6.45) is 7.66. The van der Waals surface area contributed by atoms with Gasteiger partial charge < -0.3 is 14.2 Å². The number of hydrogen-bond donors (Lipinski definition) is 0. The number of imidazole rings is 1. The lowest BCUT2D eigenvalue weighted by Crippen LogP contribution is -2.37. The Morgan fingerprint density at radius 2 is 2.06 bits per heavy atom. The molecule has 180 valence electrons. The molecule has 5 rings (SSSR count). The summed E-state index contributed by atoms with van der Waals surface area (Å²) in [6.45, 7) is 9.16. The molecule has 0 radical (unpaired) electrons. The third-order valence-corrected chi connectivity index (χ3v) is 7.63. The molecular weight excluding hydrogens is 448 g/mol. The number of ether oxygens (including phenoxy) is 1. The van der Waals surface area contributed by atoms with Gasteiger partial charge in [0.05, 0.1) is 6.61 Å². The molecular formula is C25H32N6O2S. The van der Waals surface area contributed by atoms with Crippen molar-refractivity contribution in [1.82, 2.24) is 28.8 Å². The zero-order chi connectivity index (χ0) is 23.5. The Morgan fingerprint density at radius 1 is 1.21 bits per heavy atom. The van der Waals surface area contributed by atoms with E-state index in [1.54, 1.807) is 4.40 Å². The monoisotopic (exact) mass is 480 g/mol. The van der Waals surface area contributed by atoms with Gasteiger partial charge in [0.1, 0.15) is 11.3 Å². The van der Waals surface area contributed by atoms with E-state index in [1.165, 1.54) is 11.3 Å². The number of rotatable bonds is 9. The molecule has 0 unspecified atom stereocenters. The third-order valence-electron chi connectivity index (χ3n) is 6.87. The summed E-state index contributed by atoms with van der Waals surface area (Å²) < 4.78 is 9.51. The molecule has 1 aliphatic rings. The van der Waals surface area contributed by atoms with Crippen molar-refractivity contribution in [2.75, 3.05) is 32.8 Å². The molecule has 0 atom stereocenters. The van der Waals surface area contributed by atoms with Crippen molar-refractivity contribution in [1.29, 1.82) is 0 Å². The normalized spacial score (nSPS) is 15.6. The molecule has 34 heavy (non-hydrogen) atoms. The molecule has 0 amide bonds. The number of hydrogen-bond acceptors (Lipinski definition) is 7. The van der Waals surface area contributed by atoms with Gasteiger partial charge in [-0.1, -0.05) is 0 Å². The third kappa shape index (κ3) is 4.78. The van der Waals surface area contributed by atoms with E-state index in [0.717, 1.165) is 91.7 Å². The van der Waals surface area contributed by atoms with Gasteiger partial charge in [0, 0.05) is 55.1 Å². The molecule has 0 saturated carbocycles. The molecule has 5 heterocycles. The van der Waals surface area contributed by atoms with Gasteiger partial charge in [-0.25, -0.2) is 15.0 Å². The number of aryl methyl sites for hydroxylation is 1. The molecule has 1 fully saturated rings. The number of thiazole rings is 1. The number of piperidine rings is 1. The Hall–Kier alpha value is -2.62. The topological polar surface area (TPSA) is 77.5 Å². The SMILES string of the molecule is CCOCCn1c(CC2CCN(CCc3c(C)nc4sccn4c3=O)CC2)nc2cccnc21. The standard InChI is InChI=1S/C25H32N6O2S/c1-3-33-15-13-30-22(28-21-5-4-9-26-23(21)30)17-19-6-10-29(11-7-19)12-8-20-18(2)27-25-31(24(20)32)14-16-34-25/h4-5,9,14,16,19H,3,6-8,10-13,15,17H2,1-2H3. The Bertz CT molecular complexity index is 1320. The summed E-state index contributed by atoms with van der Waals surface area (Å²) in [5, 5.41) is 1.92. The fourth-order valence-electron chi connectivity index (χ4n) is 4.95. The quantitative estimate of drug-likeness (QED) is 0.342. The Labute approximate surface area is 203 Å². The predicted molar refractivity (Wildman–Crippen MR) is 135 cm³/mol. The predicted octanol–water partition coefficient (Wildman–Crippen LogP) is 3.34. The summed E-state index contributed by atoms with van der Waals surface area (Å²) in [5.74, 6) is 1.72. The van der Waals surface area contributed by atoms with Crippen LogP contribution in [-0.2, 0) is 24.1 Å². The van der Waals surface area contributed by atoms with Crippen LogP contribution in [-0.4, -0.2) is 61.7 Å². The largest absolute Gasteiger partial charge is 0.380 e. The number of nitrogens with zero attached hydrogens (tertiary/aromatic N) is 6. The van der Waals surface area contributed by atoms with Crippen LogP contribution in [0.2, 0.25) is 0 Å². The summed E-state index contributed by atoms with van der Waals surface area (Å²) in [6, 6.07) is 3.99. The maximum absolute atomic E-state index is 12.8. The van der Waals surface area contributed by atoms with Crippen LogP contribution in [0.15, 0.2) is 34.7 Å². The van der Waals surface area contributed by atoms with Crippen LogP contribution in [0.4, 0.5) is 0 Å². The number of aromatic nitrogens is 5. The second-order valence-electron chi connectivity index (χ2n) is 9.00. The van der Waals surface area contributed by atoms with Crippen LogP contribution in [0.1, 0.15) is 36.8 Å². The van der Waals surface area contributed by atoms with Crippen molar-refractivity contribution in [3.8, 4) is 0 Å². The first kappa shape index (κ1) is 23.1. The average molecular weight is 481 g/mol. The molecule has 1 aliphatic heterocycles. The molecule has 4 aromatic heterocycles. The highest BCUT2D eigenvalue weighted by Gasteiger charge is 2.23. The van der Waals surface area contributed by atoms with E-state index >= 15 is 0 Å². The van der Waals surface area contributed by atoms with Gasteiger partial charge >= 0.3 is 0 Å². The summed E-state index contributed by atoms with van der Waals surface area (Å²) in [5.41, 5.74) is 3.70. The summed E-state index contributed by atoms with van der Waals surface area (Å²) in [7, 11) is 0. The van der Waals surface area contributed by atoms with Gasteiger partial charge in [0.15, 0.2) is 10.6 Å². The molecule has 0 aromatic carbocycles. The van der Waals surface area contributed by atoms with Gasteiger partial charge in [0.2, 0.25) is 0 Å². The lowest BCUT2D eigenvalue weighted by molar-refractivity contribution is 0.138. The highest BCUT2D eigenvalue weighted by Crippen LogP contribution is 2.24. The van der Waals surface area contributed by atoms with E-state index in [0.29, 0.717) is 12.5 Å². The maximum atomic E-state index is 12.8. The van der Waals surface area contributed by atoms with Gasteiger partial charge in [0.25, 0.3) is 5.56 Å². The Morgan fingerprint density at radius 3 is 2.88 bits per heavy atom. The first-order valence-electron chi connectivity index (χ1n) is 12.2. The van der Waals surface area contributed by atoms with Crippen LogP contribution in [0.25, 0.3) is 16.1 Å². The Kier molecular flexibility index (Phi) is 7.03. The smallest absolute Gasteiger partial charge is 0.261 e. The molecule has 0 spiro atoms. The van der Waals surface area contributed by atoms with Crippen molar-refractivity contribution in [2.45, 2.75) is 46.1 Å². The van der Waals surface area contributed by atoms with Crippen LogP contribution >= 0.6 is 11.3 Å². The minimum absolute atomic E-state index is 0.0817. The van der Waals surface area contributed by atoms with Crippen molar-refractivity contribution >= 4 is 27.5 Å². The second kappa shape index (κ2) is 10.3. The molecule has 4 aromatic rings. The fraction of sp³-hybridized carbons (Fsp3) is 0.520. The van der Waals surface area contributed by atoms with Crippen LogP contribution in [0.3, 0.4) is 0 Å². The highest BCUT2D eigenvalue weighted by atomic mass is 32.1. The second-order valence-corrected chi connectivity index (χ2v) is 9.87. The van der Waals surface area contributed by atoms with Gasteiger partial charge in [-0.3, -0.25) is 9.20 Å². The van der Waals surface area contributed by atoms with Gasteiger partial charge in [-0.05, 0) is 64.3 Å². The minimum atomic E-state index is 0.0817. The lowest BCUT2D eigenvalue weighted by Gasteiger charge is -2.32. The number of likely N-dealkylation sites (tertiary alicyclic amines) is 1. The highest BCUT2D eigenvalue weighted by molar-refractivity contribution is 7.15. The molecule has 0 N–H and O–H groups in total. The summed E-state index contributed by atoms with van der Waals surface area (Å²) >= 11 is 1.50. The van der Waals surface area contributed by atoms with E-state index in [2.05, 4.69) is 19.4 Å². The Balaban J connectivity index is 1.20. The minimum Gasteiger partial charge on any atom is -0.380 e. The average Bonchev–Trinajstić information content (AvgIpc) is 3.45. The van der Waals surface area contributed by atoms with Crippen molar-refractivity contribution in [3.05, 3.63) is 57.3 Å². The zero-order valence-electron chi connectivity index (χ0n) is 19.9. The fourth-order valence-corrected chi connectivity index (χ4v) is 5.70. The summed E-state index contributed by atoms with van der Waals surface area (Å²) in [4.78, 5) is 30.2. The van der Waals surface area contributed by atoms with E-state index in [-0.39, 0.29) is 5.56 Å². The maximum Gasteiger partial charge on any atom is 0.261 e. The van der Waals surface area contributed by atoms with Crippen LogP contribution in [0.5, 0.6) is 0 Å². The van der Waals surface area contributed by atoms with Gasteiger partial charge in [-0.2, -0.15) is 0 Å². The van der Waals surface area contributed by atoms with Crippen LogP contribution < -0.4 is 5.56 Å². The van der Waals surface area contributed by atoms with E-state index in [9.17, 15) is 4.79 Å². The van der Waals surface area contributed by atoms with E-state index < -0.39 is 0 Å². The van der Waals surface area contributed by atoms with Crippen molar-refractivity contribution in [3.63, 3.8) is 0 Å². The lowest BCUT2D eigenvalue weighted by atomic mass is 9.93.